The molecule has 1 heterocycles. The van der Waals surface area contributed by atoms with Crippen molar-refractivity contribution >= 4 is 41.1 Å². The fourth-order valence-electron chi connectivity index (χ4n) is 3.27. The van der Waals surface area contributed by atoms with Crippen molar-refractivity contribution in [3.8, 4) is 0 Å². The number of halogens is 3. The molecule has 0 aromatic heterocycles. The van der Waals surface area contributed by atoms with Gasteiger partial charge in [-0.25, -0.2) is 9.59 Å². The van der Waals surface area contributed by atoms with E-state index in [9.17, 15) is 27.6 Å². The lowest BCUT2D eigenvalue weighted by Crippen LogP contribution is -2.43. The summed E-state index contributed by atoms with van der Waals surface area (Å²) in [6.07, 6.45) is -4.24. The number of nitrogens with two attached hydrogens (primary N) is 1. The van der Waals surface area contributed by atoms with E-state index in [0.29, 0.717) is 36.3 Å². The number of carboxylic acids is 2. The molecule has 11 nitrogen and oxygen atoms in total. The van der Waals surface area contributed by atoms with Crippen LogP contribution < -0.4 is 21.3 Å². The highest BCUT2D eigenvalue weighted by molar-refractivity contribution is 6.03. The Morgan fingerprint density at radius 3 is 2.27 bits per heavy atom. The Bertz CT molecular complexity index is 1170. The summed E-state index contributed by atoms with van der Waals surface area (Å²) in [4.78, 5) is 46.2. The molecule has 0 unspecified atom stereocenters. The van der Waals surface area contributed by atoms with Gasteiger partial charge in [0.25, 0.3) is 0 Å². The van der Waals surface area contributed by atoms with Crippen LogP contribution in [0.15, 0.2) is 48.5 Å². The van der Waals surface area contributed by atoms with Gasteiger partial charge in [0.1, 0.15) is 11.9 Å². The molecule has 3 amide bonds. The van der Waals surface area contributed by atoms with Gasteiger partial charge in [0.05, 0.1) is 0 Å². The maximum atomic E-state index is 12.7. The number of amidine groups is 1. The first-order valence-electron chi connectivity index (χ1n) is 10.7. The predicted octanol–water partition coefficient (Wildman–Crippen LogP) is 2.55. The van der Waals surface area contributed by atoms with Crippen molar-refractivity contribution in [1.82, 2.24) is 5.32 Å². The molecule has 0 radical (unpaired) electrons. The van der Waals surface area contributed by atoms with Gasteiger partial charge in [0.2, 0.25) is 5.91 Å². The Kier molecular flexibility index (Phi) is 9.57. The molecule has 3 rings (SSSR count). The number of carboxylic acid groups (broad SMARTS) is 2. The number of anilines is 2. The third kappa shape index (κ3) is 8.83. The largest absolute Gasteiger partial charge is 0.490 e. The lowest BCUT2D eigenvalue weighted by molar-refractivity contribution is -0.192. The Morgan fingerprint density at radius 1 is 1.11 bits per heavy atom. The molecule has 0 bridgehead atoms. The summed E-state index contributed by atoms with van der Waals surface area (Å²) in [6.45, 7) is 0.466. The number of carbonyl (C=O) groups excluding carboxylic acids is 2. The minimum absolute atomic E-state index is 0.00938. The summed E-state index contributed by atoms with van der Waals surface area (Å²) in [5.74, 6) is -3.90. The summed E-state index contributed by atoms with van der Waals surface area (Å²) < 4.78 is 31.7. The monoisotopic (exact) mass is 523 g/mol. The first-order chi connectivity index (χ1) is 17.3. The van der Waals surface area contributed by atoms with E-state index in [1.54, 1.807) is 53.4 Å². The Balaban J connectivity index is 0.000000604. The molecule has 0 saturated carbocycles. The Morgan fingerprint density at radius 2 is 1.73 bits per heavy atom. The highest BCUT2D eigenvalue weighted by Crippen LogP contribution is 2.22. The summed E-state index contributed by atoms with van der Waals surface area (Å²) in [6, 6.07) is 12.6. The maximum absolute atomic E-state index is 12.7. The van der Waals surface area contributed by atoms with Crippen LogP contribution in [0.3, 0.4) is 0 Å². The van der Waals surface area contributed by atoms with Crippen LogP contribution in [-0.4, -0.2) is 58.7 Å². The molecule has 37 heavy (non-hydrogen) atoms. The average molecular weight is 523 g/mol. The second-order valence-electron chi connectivity index (χ2n) is 7.79. The molecule has 198 valence electrons. The number of rotatable bonds is 7. The second-order valence-corrected chi connectivity index (χ2v) is 7.79. The number of nitrogen functional groups attached to an aromatic ring is 1. The molecule has 1 aliphatic rings. The van der Waals surface area contributed by atoms with Gasteiger partial charge >= 0.3 is 24.1 Å². The molecule has 1 aliphatic heterocycles. The van der Waals surface area contributed by atoms with Gasteiger partial charge in [-0.3, -0.25) is 15.0 Å². The van der Waals surface area contributed by atoms with E-state index in [1.807, 2.05) is 0 Å². The molecule has 1 saturated heterocycles. The van der Waals surface area contributed by atoms with Crippen LogP contribution in [0.4, 0.5) is 29.3 Å². The zero-order valence-electron chi connectivity index (χ0n) is 19.2. The number of amides is 3. The van der Waals surface area contributed by atoms with Gasteiger partial charge in [0, 0.05) is 29.9 Å². The number of alkyl halides is 3. The van der Waals surface area contributed by atoms with Gasteiger partial charge in [-0.15, -0.1) is 0 Å². The van der Waals surface area contributed by atoms with Crippen molar-refractivity contribution in [1.29, 1.82) is 5.41 Å². The first kappa shape index (κ1) is 28.6. The van der Waals surface area contributed by atoms with Gasteiger partial charge in [-0.2, -0.15) is 13.2 Å². The molecule has 2 aromatic carbocycles. The van der Waals surface area contributed by atoms with Crippen LogP contribution in [0, 0.1) is 5.41 Å². The van der Waals surface area contributed by atoms with E-state index in [-0.39, 0.29) is 18.2 Å². The predicted molar refractivity (Wildman–Crippen MR) is 126 cm³/mol. The average Bonchev–Trinajstić information content (AvgIpc) is 3.17. The van der Waals surface area contributed by atoms with Gasteiger partial charge in [0.15, 0.2) is 0 Å². The van der Waals surface area contributed by atoms with Crippen molar-refractivity contribution in [2.75, 3.05) is 16.8 Å². The van der Waals surface area contributed by atoms with Crippen molar-refractivity contribution in [2.45, 2.75) is 31.5 Å². The summed E-state index contributed by atoms with van der Waals surface area (Å²) in [5.41, 5.74) is 8.03. The number of nitrogens with one attached hydrogen (secondary N) is 3. The maximum Gasteiger partial charge on any atom is 0.490 e. The van der Waals surface area contributed by atoms with E-state index in [0.717, 1.165) is 5.56 Å². The minimum Gasteiger partial charge on any atom is -0.481 e. The lowest BCUT2D eigenvalue weighted by atomic mass is 10.1. The summed E-state index contributed by atoms with van der Waals surface area (Å²) in [7, 11) is 0. The van der Waals surface area contributed by atoms with E-state index in [2.05, 4.69) is 10.6 Å². The topological polar surface area (TPSA) is 186 Å². The van der Waals surface area contributed by atoms with E-state index < -0.39 is 30.2 Å². The molecule has 2 aromatic rings. The minimum atomic E-state index is -5.08. The van der Waals surface area contributed by atoms with Crippen LogP contribution in [-0.2, 0) is 20.8 Å². The first-order valence-corrected chi connectivity index (χ1v) is 10.7. The number of urea groups is 1. The van der Waals surface area contributed by atoms with Crippen molar-refractivity contribution in [3.63, 3.8) is 0 Å². The third-order valence-corrected chi connectivity index (χ3v) is 5.06. The SMILES string of the molecule is N=C(N)c1ccc(N2CC[C@H](NC(=O)Nc3cccc(CCC(=O)O)c3)C2=O)cc1.O=C(O)C(F)(F)F. The van der Waals surface area contributed by atoms with Crippen LogP contribution in [0.1, 0.15) is 24.0 Å². The number of aliphatic carboxylic acids is 2. The summed E-state index contributed by atoms with van der Waals surface area (Å²) in [5, 5.41) is 28.7. The van der Waals surface area contributed by atoms with Gasteiger partial charge < -0.3 is 31.5 Å². The van der Waals surface area contributed by atoms with Crippen LogP contribution in [0.2, 0.25) is 0 Å². The molecule has 1 fully saturated rings. The number of hydrogen-bond donors (Lipinski definition) is 6. The third-order valence-electron chi connectivity index (χ3n) is 5.06. The molecule has 7 N–H and O–H groups in total. The fraction of sp³-hybridized carbons (Fsp3) is 0.261. The number of nitrogens with zero attached hydrogens (tertiary/aromatic N) is 1. The summed E-state index contributed by atoms with van der Waals surface area (Å²) >= 11 is 0. The molecule has 0 spiro atoms. The van der Waals surface area contributed by atoms with Gasteiger partial charge in [-0.05, 0) is 54.8 Å². The second kappa shape index (κ2) is 12.4. The number of carbonyl (C=O) groups is 4. The normalized spacial score (nSPS) is 14.8. The quantitative estimate of drug-likeness (QED) is 0.238. The highest BCUT2D eigenvalue weighted by Gasteiger charge is 2.38. The standard InChI is InChI=1S/C21H23N5O4.C2HF3O2/c22-19(23)14-5-7-16(8-6-14)26-11-10-17(20(26)29)25-21(30)24-15-3-1-2-13(12-15)4-9-18(27)28;3-2(4,5)1(6)7/h1-3,5-8,12,17H,4,9-11H2,(H3,22,23)(H,27,28)(H2,24,25,30);(H,6,7)/t17-;/m0./s1. The fourth-order valence-corrected chi connectivity index (χ4v) is 3.27. The molecular formula is C23H24F3N5O6. The number of aryl methyl sites for hydroxylation is 1. The van der Waals surface area contributed by atoms with Crippen molar-refractivity contribution in [3.05, 3.63) is 59.7 Å². The van der Waals surface area contributed by atoms with Crippen LogP contribution in [0.5, 0.6) is 0 Å². The van der Waals surface area contributed by atoms with Crippen LogP contribution in [0.25, 0.3) is 0 Å². The zero-order valence-corrected chi connectivity index (χ0v) is 19.2. The van der Waals surface area contributed by atoms with E-state index in [1.165, 1.54) is 0 Å². The lowest BCUT2D eigenvalue weighted by Gasteiger charge is -2.18. The van der Waals surface area contributed by atoms with E-state index in [4.69, 9.17) is 26.2 Å². The molecule has 0 aliphatic carbocycles. The van der Waals surface area contributed by atoms with Gasteiger partial charge in [-0.1, -0.05) is 12.1 Å². The number of benzene rings is 2. The highest BCUT2D eigenvalue weighted by atomic mass is 19.4. The Hall–Kier alpha value is -4.62. The van der Waals surface area contributed by atoms with Crippen LogP contribution >= 0.6 is 0 Å². The zero-order chi connectivity index (χ0) is 27.8. The molecule has 1 atom stereocenters. The smallest absolute Gasteiger partial charge is 0.481 e. The Labute approximate surface area is 208 Å². The molecular weight excluding hydrogens is 499 g/mol. The van der Waals surface area contributed by atoms with E-state index >= 15 is 0 Å². The van der Waals surface area contributed by atoms with Crippen molar-refractivity contribution in [2.24, 2.45) is 5.73 Å². The number of hydrogen-bond acceptors (Lipinski definition) is 5. The molecule has 14 heteroatoms. The van der Waals surface area contributed by atoms with Crippen molar-refractivity contribution < 1.29 is 42.6 Å².